The predicted molar refractivity (Wildman–Crippen MR) is 329 cm³/mol. The van der Waals surface area contributed by atoms with Crippen molar-refractivity contribution >= 4 is 65.4 Å². The highest BCUT2D eigenvalue weighted by Gasteiger charge is 2.23. The van der Waals surface area contributed by atoms with Crippen molar-refractivity contribution in [2.24, 2.45) is 0 Å². The van der Waals surface area contributed by atoms with Gasteiger partial charge < -0.3 is 18.3 Å². The molecule has 0 aliphatic rings. The molecule has 0 aliphatic carbocycles. The molecule has 0 aliphatic heterocycles. The van der Waals surface area contributed by atoms with Crippen LogP contribution in [0.5, 0.6) is 0 Å². The molecule has 7 heteroatoms. The van der Waals surface area contributed by atoms with Gasteiger partial charge in [0.05, 0.1) is 33.1 Å². The van der Waals surface area contributed by atoms with Crippen LogP contribution in [0.2, 0.25) is 0 Å². The molecule has 16 aromatic rings. The van der Waals surface area contributed by atoms with Gasteiger partial charge in [0.2, 0.25) is 0 Å². The zero-order chi connectivity index (χ0) is 52.7. The standard InChI is InChI=1S/C73H47N7/c1-7-19-48(20-8-1)54-43-55(73-75-71(50-21-9-2-10-22-50)74-72(76-73)51-23-11-3-12-24-51)45-59(44-54)80-67-37-33-52(46-63(67)60-35-38-65-62(69(60)80)40-42-77(65)56-25-13-4-14-26-56)53-32-36-66-64(47-53)61-34-31-49-39-41-78(57-27-15-5-16-28-57)68(49)70(61)79(66)58-29-17-6-18-30-58/h1-47H. The van der Waals surface area contributed by atoms with E-state index in [0.717, 1.165) is 99.9 Å². The maximum atomic E-state index is 5.27. The minimum absolute atomic E-state index is 0.596. The minimum Gasteiger partial charge on any atom is -0.316 e. The smallest absolute Gasteiger partial charge is 0.164 e. The fourth-order valence-corrected chi connectivity index (χ4v) is 12.1. The first-order valence-electron chi connectivity index (χ1n) is 27.1. The van der Waals surface area contributed by atoms with Gasteiger partial charge in [0.25, 0.3) is 0 Å². The van der Waals surface area contributed by atoms with E-state index in [9.17, 15) is 0 Å². The van der Waals surface area contributed by atoms with Gasteiger partial charge in [-0.15, -0.1) is 0 Å². The van der Waals surface area contributed by atoms with E-state index in [2.05, 4.69) is 267 Å². The van der Waals surface area contributed by atoms with Crippen molar-refractivity contribution in [3.8, 4) is 79.2 Å². The average molecular weight is 1020 g/mol. The number of aromatic nitrogens is 7. The van der Waals surface area contributed by atoms with E-state index >= 15 is 0 Å². The summed E-state index contributed by atoms with van der Waals surface area (Å²) in [5, 5.41) is 7.07. The van der Waals surface area contributed by atoms with E-state index in [1.165, 1.54) is 27.2 Å². The number of benzene rings is 11. The van der Waals surface area contributed by atoms with Gasteiger partial charge in [-0.1, -0.05) is 176 Å². The van der Waals surface area contributed by atoms with Crippen LogP contribution in [0, 0.1) is 0 Å². The molecule has 0 amide bonds. The quantitative estimate of drug-likeness (QED) is 0.145. The van der Waals surface area contributed by atoms with E-state index in [-0.39, 0.29) is 0 Å². The van der Waals surface area contributed by atoms with E-state index in [1.807, 2.05) is 36.4 Å². The Hall–Kier alpha value is -10.9. The molecule has 0 bridgehead atoms. The van der Waals surface area contributed by atoms with Gasteiger partial charge in [-0.25, -0.2) is 15.0 Å². The Morgan fingerprint density at radius 1 is 0.225 bits per heavy atom. The number of nitrogens with zero attached hydrogens (tertiary/aromatic N) is 7. The first-order valence-corrected chi connectivity index (χ1v) is 27.1. The first-order chi connectivity index (χ1) is 39.7. The van der Waals surface area contributed by atoms with E-state index in [4.69, 9.17) is 15.0 Å². The summed E-state index contributed by atoms with van der Waals surface area (Å²) >= 11 is 0. The van der Waals surface area contributed by atoms with Crippen molar-refractivity contribution in [3.05, 3.63) is 285 Å². The van der Waals surface area contributed by atoms with Crippen molar-refractivity contribution in [1.29, 1.82) is 0 Å². The second-order valence-electron chi connectivity index (χ2n) is 20.5. The third-order valence-electron chi connectivity index (χ3n) is 15.8. The van der Waals surface area contributed by atoms with Gasteiger partial charge in [-0.3, -0.25) is 0 Å². The summed E-state index contributed by atoms with van der Waals surface area (Å²) in [7, 11) is 0. The molecule has 0 saturated heterocycles. The molecule has 5 heterocycles. The monoisotopic (exact) mass is 1020 g/mol. The Labute approximate surface area is 460 Å². The minimum atomic E-state index is 0.596. The van der Waals surface area contributed by atoms with E-state index in [1.54, 1.807) is 0 Å². The topological polar surface area (TPSA) is 58.4 Å². The molecule has 80 heavy (non-hydrogen) atoms. The van der Waals surface area contributed by atoms with Crippen molar-refractivity contribution < 1.29 is 0 Å². The van der Waals surface area contributed by atoms with Crippen LogP contribution in [0.25, 0.3) is 145 Å². The van der Waals surface area contributed by atoms with Crippen molar-refractivity contribution in [2.75, 3.05) is 0 Å². The van der Waals surface area contributed by atoms with Gasteiger partial charge in [0.1, 0.15) is 0 Å². The molecular weight excluding hydrogens is 975 g/mol. The van der Waals surface area contributed by atoms with Crippen LogP contribution in [0.15, 0.2) is 285 Å². The second kappa shape index (κ2) is 18.4. The molecule has 0 radical (unpaired) electrons. The number of hydrogen-bond acceptors (Lipinski definition) is 3. The summed E-state index contributed by atoms with van der Waals surface area (Å²) in [5.41, 5.74) is 18.4. The summed E-state index contributed by atoms with van der Waals surface area (Å²) in [6.07, 6.45) is 4.40. The lowest BCUT2D eigenvalue weighted by molar-refractivity contribution is 1.07. The maximum Gasteiger partial charge on any atom is 0.164 e. The largest absolute Gasteiger partial charge is 0.316 e. The SMILES string of the molecule is c1ccc(-c2cc(-c3nc(-c4ccccc4)nc(-c4ccccc4)n3)cc(-n3c4ccc(-c5ccc6c(c5)c5ccc7ccn(-c8ccccc8)c7c5n6-c5ccccc5)cc4c4ccc5c(ccn5-c5ccccc5)c43)c2)cc1. The van der Waals surface area contributed by atoms with Crippen molar-refractivity contribution in [1.82, 2.24) is 33.2 Å². The molecule has 0 spiro atoms. The van der Waals surface area contributed by atoms with Gasteiger partial charge in [0, 0.05) is 84.2 Å². The maximum absolute atomic E-state index is 5.27. The molecule has 0 atom stereocenters. The zero-order valence-electron chi connectivity index (χ0n) is 43.3. The van der Waals surface area contributed by atoms with Gasteiger partial charge in [-0.05, 0) is 119 Å². The molecule has 16 rings (SSSR count). The summed E-state index contributed by atoms with van der Waals surface area (Å²) in [5.74, 6) is 1.83. The zero-order valence-corrected chi connectivity index (χ0v) is 43.3. The highest BCUT2D eigenvalue weighted by molar-refractivity contribution is 6.21. The molecule has 374 valence electrons. The van der Waals surface area contributed by atoms with E-state index < -0.39 is 0 Å². The molecule has 0 N–H and O–H groups in total. The number of fused-ring (bicyclic) bond motifs is 10. The predicted octanol–water partition coefficient (Wildman–Crippen LogP) is 18.3. The Morgan fingerprint density at radius 2 is 0.675 bits per heavy atom. The molecule has 0 fully saturated rings. The fraction of sp³-hybridized carbons (Fsp3) is 0. The molecular formula is C73H47N7. The summed E-state index contributed by atoms with van der Waals surface area (Å²) in [6, 6.07) is 97.5. The Kier molecular flexibility index (Phi) is 10.4. The van der Waals surface area contributed by atoms with Gasteiger partial charge in [-0.2, -0.15) is 0 Å². The van der Waals surface area contributed by atoms with Crippen molar-refractivity contribution in [3.63, 3.8) is 0 Å². The highest BCUT2D eigenvalue weighted by Crippen LogP contribution is 2.44. The van der Waals surface area contributed by atoms with Crippen LogP contribution < -0.4 is 0 Å². The molecule has 0 saturated carbocycles. The van der Waals surface area contributed by atoms with E-state index in [0.29, 0.717) is 17.5 Å². The second-order valence-corrected chi connectivity index (χ2v) is 20.5. The van der Waals surface area contributed by atoms with Crippen LogP contribution in [-0.2, 0) is 0 Å². The summed E-state index contributed by atoms with van der Waals surface area (Å²) < 4.78 is 9.53. The van der Waals surface area contributed by atoms with Crippen LogP contribution in [0.1, 0.15) is 0 Å². The first kappa shape index (κ1) is 45.3. The normalized spacial score (nSPS) is 11.8. The molecule has 11 aromatic carbocycles. The highest BCUT2D eigenvalue weighted by atomic mass is 15.1. The molecule has 5 aromatic heterocycles. The average Bonchev–Trinajstić information content (AvgIpc) is 4.41. The van der Waals surface area contributed by atoms with Crippen LogP contribution >= 0.6 is 0 Å². The third-order valence-corrected chi connectivity index (χ3v) is 15.8. The number of para-hydroxylation sites is 3. The lowest BCUT2D eigenvalue weighted by Crippen LogP contribution is -2.02. The Bertz CT molecular complexity index is 4960. The summed E-state index contributed by atoms with van der Waals surface area (Å²) in [6.45, 7) is 0. The number of rotatable bonds is 9. The van der Waals surface area contributed by atoms with Crippen LogP contribution in [-0.4, -0.2) is 33.2 Å². The van der Waals surface area contributed by atoms with Crippen molar-refractivity contribution in [2.45, 2.75) is 0 Å². The van der Waals surface area contributed by atoms with Gasteiger partial charge >= 0.3 is 0 Å². The summed E-state index contributed by atoms with van der Waals surface area (Å²) in [4.78, 5) is 15.6. The molecule has 7 nitrogen and oxygen atoms in total. The third kappa shape index (κ3) is 7.40. The van der Waals surface area contributed by atoms with Crippen LogP contribution in [0.4, 0.5) is 0 Å². The van der Waals surface area contributed by atoms with Gasteiger partial charge in [0.15, 0.2) is 17.5 Å². The lowest BCUT2D eigenvalue weighted by Gasteiger charge is -2.15. The fourth-order valence-electron chi connectivity index (χ4n) is 12.1. The Balaban J connectivity index is 0.939. The molecule has 0 unspecified atom stereocenters. The lowest BCUT2D eigenvalue weighted by atomic mass is 10.00. The number of hydrogen-bond donors (Lipinski definition) is 0. The Morgan fingerprint density at radius 3 is 1.26 bits per heavy atom. The van der Waals surface area contributed by atoms with Crippen LogP contribution in [0.3, 0.4) is 0 Å².